The Labute approximate surface area is 252 Å². The maximum absolute atomic E-state index is 11.4. The van der Waals surface area contributed by atoms with E-state index in [0.717, 1.165) is 38.5 Å². The number of carbonyl (C=O) groups is 2. The lowest BCUT2D eigenvalue weighted by atomic mass is 9.76. The van der Waals surface area contributed by atoms with Crippen LogP contribution in [0.4, 0.5) is 0 Å². The van der Waals surface area contributed by atoms with E-state index >= 15 is 0 Å². The van der Waals surface area contributed by atoms with Gasteiger partial charge in [0.1, 0.15) is 0 Å². The molecule has 1 aromatic rings. The van der Waals surface area contributed by atoms with Crippen LogP contribution in [0.15, 0.2) is 55.1 Å². The van der Waals surface area contributed by atoms with E-state index in [1.807, 2.05) is 78.4 Å². The van der Waals surface area contributed by atoms with Crippen LogP contribution in [0.3, 0.4) is 0 Å². The Balaban J connectivity index is -0.00000134. The van der Waals surface area contributed by atoms with Crippen LogP contribution in [-0.4, -0.2) is 33.7 Å². The van der Waals surface area contributed by atoms with Gasteiger partial charge >= 0.3 is 11.9 Å². The molecule has 1 unspecified atom stereocenters. The Morgan fingerprint density at radius 3 is 1.68 bits per heavy atom. The van der Waals surface area contributed by atoms with Gasteiger partial charge in [0, 0.05) is 0 Å². The quantitative estimate of drug-likeness (QED) is 0.134. The molecule has 0 aliphatic carbocycles. The number of carboxylic acids is 2. The third kappa shape index (κ3) is 32.2. The monoisotopic (exact) mass is 578 g/mol. The summed E-state index contributed by atoms with van der Waals surface area (Å²) in [6, 6.07) is 10.2. The first kappa shape index (κ1) is 42.5. The zero-order chi connectivity index (χ0) is 31.5. The molecule has 0 amide bonds. The predicted octanol–water partition coefficient (Wildman–Crippen LogP) is 10.9. The van der Waals surface area contributed by atoms with Crippen molar-refractivity contribution in [3.05, 3.63) is 60.7 Å². The normalized spacial score (nSPS) is 11.7. The van der Waals surface area contributed by atoms with Gasteiger partial charge in [-0.05, 0) is 80.8 Å². The molecule has 5 heteroatoms. The first-order chi connectivity index (χ1) is 18.8. The van der Waals surface area contributed by atoms with E-state index in [-0.39, 0.29) is 23.7 Å². The second kappa shape index (κ2) is 27.2. The molecule has 0 saturated heterocycles. The van der Waals surface area contributed by atoms with Crippen LogP contribution < -0.4 is 0 Å². The Bertz CT molecular complexity index is 769. The van der Waals surface area contributed by atoms with Crippen LogP contribution in [0.5, 0.6) is 0 Å². The Morgan fingerprint density at radius 1 is 0.825 bits per heavy atom. The minimum absolute atomic E-state index is 0.103. The van der Waals surface area contributed by atoms with Crippen molar-refractivity contribution in [2.24, 2.45) is 10.8 Å². The van der Waals surface area contributed by atoms with Crippen molar-refractivity contribution in [2.45, 2.75) is 126 Å². The van der Waals surface area contributed by atoms with Crippen LogP contribution in [0.1, 0.15) is 125 Å². The standard InChI is InChI=1S/C26H42O4S.C4H8.C3H6.C2H6/c1-25(2,20-23(27)28)15-9-5-11-17-31-18-12-6-10-16-26(3,21-24(29)30)19-22-13-7-4-8-14-22;1-4(2)3;1-3-2;1-2/h4,7-8,13-14H,5-6,9-12,15-21H2,1-3H3,(H,27,28)(H,29,30);1H2,2-3H3;3H,1H2,2H3;1-2H3. The molecule has 0 spiro atoms. The highest BCUT2D eigenvalue weighted by atomic mass is 32.2. The van der Waals surface area contributed by atoms with Crippen LogP contribution in [0.25, 0.3) is 0 Å². The second-order valence-electron chi connectivity index (χ2n) is 11.6. The lowest BCUT2D eigenvalue weighted by Crippen LogP contribution is -2.23. The van der Waals surface area contributed by atoms with Crippen LogP contribution >= 0.6 is 11.8 Å². The summed E-state index contributed by atoms with van der Waals surface area (Å²) in [5, 5.41) is 18.3. The molecule has 2 N–H and O–H groups in total. The Morgan fingerprint density at radius 2 is 1.25 bits per heavy atom. The first-order valence-electron chi connectivity index (χ1n) is 15.0. The highest BCUT2D eigenvalue weighted by molar-refractivity contribution is 7.99. The number of aliphatic carboxylic acids is 2. The topological polar surface area (TPSA) is 74.6 Å². The fraction of sp³-hybridized carbons (Fsp3) is 0.657. The van der Waals surface area contributed by atoms with Gasteiger partial charge in [0.15, 0.2) is 0 Å². The fourth-order valence-electron chi connectivity index (χ4n) is 4.21. The SMILES string of the molecule is C=C(C)C.C=CC.CC.CC(C)(CCCCCSCCCCCC(C)(CC(=O)O)Cc1ccccc1)CC(=O)O. The predicted molar refractivity (Wildman–Crippen MR) is 179 cm³/mol. The van der Waals surface area contributed by atoms with Crippen LogP contribution in [0, 0.1) is 10.8 Å². The molecule has 0 aromatic heterocycles. The summed E-state index contributed by atoms with van der Waals surface area (Å²) in [5.41, 5.74) is 2.09. The van der Waals surface area contributed by atoms with Crippen molar-refractivity contribution in [2.75, 3.05) is 11.5 Å². The molecule has 0 bridgehead atoms. The molecule has 0 radical (unpaired) electrons. The number of thioether (sulfide) groups is 1. The highest BCUT2D eigenvalue weighted by Gasteiger charge is 2.27. The zero-order valence-electron chi connectivity index (χ0n) is 27.2. The lowest BCUT2D eigenvalue weighted by Gasteiger charge is -2.28. The average molecular weight is 579 g/mol. The van der Waals surface area contributed by atoms with E-state index in [0.29, 0.717) is 0 Å². The van der Waals surface area contributed by atoms with Gasteiger partial charge in [-0.15, -0.1) is 13.2 Å². The maximum atomic E-state index is 11.4. The molecule has 1 atom stereocenters. The molecule has 0 aliphatic rings. The average Bonchev–Trinajstić information content (AvgIpc) is 2.83. The summed E-state index contributed by atoms with van der Waals surface area (Å²) >= 11 is 2.00. The summed E-state index contributed by atoms with van der Waals surface area (Å²) in [7, 11) is 0. The molecule has 232 valence electrons. The summed E-state index contributed by atoms with van der Waals surface area (Å²) in [4.78, 5) is 22.2. The van der Waals surface area contributed by atoms with Crippen LogP contribution in [-0.2, 0) is 16.0 Å². The molecular weight excluding hydrogens is 516 g/mol. The minimum Gasteiger partial charge on any atom is -0.481 e. The van der Waals surface area contributed by atoms with Crippen molar-refractivity contribution in [3.63, 3.8) is 0 Å². The van der Waals surface area contributed by atoms with E-state index in [2.05, 4.69) is 32.2 Å². The molecular formula is C35H62O4S. The number of unbranched alkanes of at least 4 members (excludes halogenated alkanes) is 4. The molecule has 4 nitrogen and oxygen atoms in total. The van der Waals surface area contributed by atoms with Crippen molar-refractivity contribution in [1.82, 2.24) is 0 Å². The van der Waals surface area contributed by atoms with Crippen molar-refractivity contribution < 1.29 is 19.8 Å². The second-order valence-corrected chi connectivity index (χ2v) is 12.9. The van der Waals surface area contributed by atoms with Gasteiger partial charge in [0.2, 0.25) is 0 Å². The number of benzene rings is 1. The summed E-state index contributed by atoms with van der Waals surface area (Å²) in [6.07, 6.45) is 11.8. The lowest BCUT2D eigenvalue weighted by molar-refractivity contribution is -0.140. The minimum atomic E-state index is -0.708. The molecule has 0 heterocycles. The third-order valence-electron chi connectivity index (χ3n) is 5.89. The molecule has 40 heavy (non-hydrogen) atoms. The maximum Gasteiger partial charge on any atom is 0.303 e. The van der Waals surface area contributed by atoms with Gasteiger partial charge in [0.25, 0.3) is 0 Å². The van der Waals surface area contributed by atoms with E-state index in [1.54, 1.807) is 6.08 Å². The largest absolute Gasteiger partial charge is 0.481 e. The van der Waals surface area contributed by atoms with Crippen molar-refractivity contribution >= 4 is 23.7 Å². The van der Waals surface area contributed by atoms with Crippen molar-refractivity contribution in [1.29, 1.82) is 0 Å². The fourth-order valence-corrected chi connectivity index (χ4v) is 5.23. The first-order valence-corrected chi connectivity index (χ1v) is 16.2. The molecule has 1 rings (SSSR count). The van der Waals surface area contributed by atoms with Gasteiger partial charge in [-0.3, -0.25) is 9.59 Å². The number of hydrogen-bond acceptors (Lipinski definition) is 3. The Kier molecular flexibility index (Phi) is 28.8. The number of hydrogen-bond donors (Lipinski definition) is 2. The van der Waals surface area contributed by atoms with Gasteiger partial charge in [0.05, 0.1) is 12.8 Å². The van der Waals surface area contributed by atoms with Crippen LogP contribution in [0.2, 0.25) is 0 Å². The molecule has 0 saturated carbocycles. The van der Waals surface area contributed by atoms with E-state index in [4.69, 9.17) is 5.11 Å². The number of allylic oxidation sites excluding steroid dienone is 2. The smallest absolute Gasteiger partial charge is 0.303 e. The highest BCUT2D eigenvalue weighted by Crippen LogP contribution is 2.33. The third-order valence-corrected chi connectivity index (χ3v) is 7.05. The number of carboxylic acid groups (broad SMARTS) is 2. The van der Waals surface area contributed by atoms with E-state index < -0.39 is 11.9 Å². The molecule has 0 aliphatic heterocycles. The summed E-state index contributed by atoms with van der Waals surface area (Å²) in [5.74, 6) is 0.923. The summed E-state index contributed by atoms with van der Waals surface area (Å²) < 4.78 is 0. The zero-order valence-corrected chi connectivity index (χ0v) is 28.0. The molecule has 1 aromatic carbocycles. The van der Waals surface area contributed by atoms with Gasteiger partial charge in [-0.2, -0.15) is 11.8 Å². The van der Waals surface area contributed by atoms with E-state index in [1.165, 1.54) is 41.9 Å². The Hall–Kier alpha value is -2.01. The molecule has 0 fully saturated rings. The number of rotatable bonds is 18. The van der Waals surface area contributed by atoms with Gasteiger partial charge in [-0.1, -0.05) is 102 Å². The summed E-state index contributed by atoms with van der Waals surface area (Å²) in [6.45, 7) is 22.9. The van der Waals surface area contributed by atoms with Crippen molar-refractivity contribution in [3.8, 4) is 0 Å². The van der Waals surface area contributed by atoms with Gasteiger partial charge in [-0.25, -0.2) is 0 Å². The van der Waals surface area contributed by atoms with E-state index in [9.17, 15) is 14.7 Å². The van der Waals surface area contributed by atoms with Gasteiger partial charge < -0.3 is 10.2 Å².